The minimum Gasteiger partial charge on any atom is -0.425 e. The van der Waals surface area contributed by atoms with E-state index in [-0.39, 0.29) is 22.9 Å². The maximum absolute atomic E-state index is 8.85. The topological polar surface area (TPSA) is 163 Å². The normalized spacial score (nSPS) is 16.9. The summed E-state index contributed by atoms with van der Waals surface area (Å²) in [5.41, 5.74) is 1.25. The molecule has 0 spiro atoms. The Labute approximate surface area is 187 Å². The zero-order valence-electron chi connectivity index (χ0n) is 17.7. The molecule has 10 nitrogen and oxygen atoms in total. The molecule has 0 aromatic carbocycles. The Kier molecular flexibility index (Phi) is 24.4. The van der Waals surface area contributed by atoms with Gasteiger partial charge in [0.2, 0.25) is 0 Å². The Hall–Kier alpha value is -2.50. The van der Waals surface area contributed by atoms with Crippen LogP contribution >= 0.6 is 0 Å². The number of hydrogen-bond donors (Lipinski definition) is 5. The van der Waals surface area contributed by atoms with Crippen molar-refractivity contribution in [3.63, 3.8) is 0 Å². The first-order chi connectivity index (χ1) is 13.8. The Morgan fingerprint density at radius 1 is 0.767 bits per heavy atom. The second-order valence-electron chi connectivity index (χ2n) is 5.85. The maximum Gasteiger partial charge on any atom is 0.101 e. The van der Waals surface area contributed by atoms with E-state index >= 15 is 0 Å². The van der Waals surface area contributed by atoms with Gasteiger partial charge in [-0.2, -0.15) is 6.42 Å². The molecule has 1 aliphatic rings. The van der Waals surface area contributed by atoms with E-state index in [9.17, 15) is 0 Å². The molecular weight excluding hydrogens is 437 g/mol. The molecule has 0 amide bonds. The van der Waals surface area contributed by atoms with Crippen LogP contribution < -0.4 is 0 Å². The minimum atomic E-state index is -0.0891. The zero-order valence-corrected chi connectivity index (χ0v) is 18.7. The molecular formula is C19H32CoN5O5-. The average molecular weight is 469 g/mol. The van der Waals surface area contributed by atoms with Crippen LogP contribution in [-0.2, 0) is 16.8 Å². The van der Waals surface area contributed by atoms with Gasteiger partial charge in [0.05, 0.1) is 0 Å². The molecule has 1 atom stereocenters. The number of pyridine rings is 1. The molecule has 1 aliphatic carbocycles. The fourth-order valence-corrected chi connectivity index (χ4v) is 1.53. The Morgan fingerprint density at radius 2 is 1.17 bits per heavy atom. The SMILES string of the molecule is CC(=N\O)/C(C)=N/O.CC(=N\O)/C(C)=N/O.OC1[CH-]CCCC1.[Co].c1ccncc1. The van der Waals surface area contributed by atoms with E-state index in [1.165, 1.54) is 40.5 Å². The van der Waals surface area contributed by atoms with E-state index in [1.54, 1.807) is 12.4 Å². The van der Waals surface area contributed by atoms with Gasteiger partial charge in [-0.25, -0.2) is 0 Å². The molecule has 11 heteroatoms. The second-order valence-corrected chi connectivity index (χ2v) is 5.85. The Bertz CT molecular complexity index is 543. The first kappa shape index (κ1) is 32.2. The standard InChI is InChI=1S/C6H11O.C5H5N.2C4H8N2O2.Co/c7-6-4-2-1-3-5-6;1-2-4-6-5-3-1;2*1-3(5-7)4(2)6-8;/h4,6-7H,1-3,5H2;1-5H;2*7-8H,1-2H3;/q-1;;;;/b;;2*5-3+,6-4+;. The van der Waals surface area contributed by atoms with Gasteiger partial charge in [0.1, 0.15) is 22.8 Å². The molecule has 1 heterocycles. The monoisotopic (exact) mass is 469 g/mol. The van der Waals surface area contributed by atoms with Crippen LogP contribution in [0.15, 0.2) is 51.2 Å². The largest absolute Gasteiger partial charge is 0.425 e. The summed E-state index contributed by atoms with van der Waals surface area (Å²) >= 11 is 0. The zero-order chi connectivity index (χ0) is 22.5. The van der Waals surface area contributed by atoms with E-state index in [1.807, 2.05) is 24.6 Å². The first-order valence-electron chi connectivity index (χ1n) is 8.95. The molecule has 1 unspecified atom stereocenters. The Balaban J connectivity index is -0.000000321. The van der Waals surface area contributed by atoms with Gasteiger partial charge in [0, 0.05) is 29.2 Å². The van der Waals surface area contributed by atoms with E-state index in [0.717, 1.165) is 12.8 Å². The summed E-state index contributed by atoms with van der Waals surface area (Å²) in [4.78, 5) is 3.78. The first-order valence-corrected chi connectivity index (χ1v) is 8.95. The molecule has 1 saturated carbocycles. The van der Waals surface area contributed by atoms with Crippen LogP contribution in [0.25, 0.3) is 0 Å². The number of aromatic nitrogens is 1. The molecule has 173 valence electrons. The van der Waals surface area contributed by atoms with Gasteiger partial charge in [-0.3, -0.25) is 4.98 Å². The van der Waals surface area contributed by atoms with Gasteiger partial charge in [-0.05, 0) is 39.8 Å². The second kappa shape index (κ2) is 22.8. The summed E-state index contributed by atoms with van der Waals surface area (Å²) in [6.45, 7) is 6.15. The molecule has 30 heavy (non-hydrogen) atoms. The molecule has 2 rings (SSSR count). The fourth-order valence-electron chi connectivity index (χ4n) is 1.53. The van der Waals surface area contributed by atoms with Crippen LogP contribution in [0.4, 0.5) is 0 Å². The number of rotatable bonds is 2. The summed E-state index contributed by atoms with van der Waals surface area (Å²) in [5.74, 6) is 0. The molecule has 1 aromatic rings. The van der Waals surface area contributed by atoms with E-state index < -0.39 is 0 Å². The number of aliphatic hydroxyl groups is 1. The summed E-state index contributed by atoms with van der Waals surface area (Å²) < 4.78 is 0. The number of hydrogen-bond acceptors (Lipinski definition) is 10. The van der Waals surface area contributed by atoms with Gasteiger partial charge in [-0.1, -0.05) is 52.1 Å². The Morgan fingerprint density at radius 3 is 1.30 bits per heavy atom. The van der Waals surface area contributed by atoms with Crippen molar-refractivity contribution >= 4 is 22.8 Å². The summed E-state index contributed by atoms with van der Waals surface area (Å²) in [7, 11) is 0. The average Bonchev–Trinajstić information content (AvgIpc) is 2.79. The van der Waals surface area contributed by atoms with Crippen LogP contribution in [0.2, 0.25) is 0 Å². The smallest absolute Gasteiger partial charge is 0.101 e. The summed E-state index contributed by atoms with van der Waals surface area (Å²) in [6, 6.07) is 5.72. The number of aliphatic hydroxyl groups excluding tert-OH is 1. The number of nitrogens with zero attached hydrogens (tertiary/aromatic N) is 5. The van der Waals surface area contributed by atoms with Crippen molar-refractivity contribution in [2.45, 2.75) is 59.5 Å². The van der Waals surface area contributed by atoms with Crippen LogP contribution in [0.1, 0.15) is 53.4 Å². The summed E-state index contributed by atoms with van der Waals surface area (Å²) in [5, 5.41) is 52.1. The molecule has 1 fully saturated rings. The van der Waals surface area contributed by atoms with Gasteiger partial charge >= 0.3 is 0 Å². The predicted molar refractivity (Wildman–Crippen MR) is 113 cm³/mol. The number of oxime groups is 4. The van der Waals surface area contributed by atoms with Crippen molar-refractivity contribution in [3.8, 4) is 0 Å². The van der Waals surface area contributed by atoms with Gasteiger partial charge in [-0.15, -0.1) is 0 Å². The van der Waals surface area contributed by atoms with Gasteiger partial charge in [0.15, 0.2) is 0 Å². The van der Waals surface area contributed by atoms with Crippen molar-refractivity contribution < 1.29 is 42.7 Å². The molecule has 0 aliphatic heterocycles. The van der Waals surface area contributed by atoms with Gasteiger partial charge < -0.3 is 32.4 Å². The molecule has 1 radical (unpaired) electrons. The van der Waals surface area contributed by atoms with Gasteiger partial charge in [0.25, 0.3) is 0 Å². The van der Waals surface area contributed by atoms with Crippen molar-refractivity contribution in [1.82, 2.24) is 4.98 Å². The van der Waals surface area contributed by atoms with E-state index in [4.69, 9.17) is 25.9 Å². The minimum absolute atomic E-state index is 0. The fraction of sp³-hybridized carbons (Fsp3) is 0.474. The van der Waals surface area contributed by atoms with Crippen LogP contribution in [-0.4, -0.2) is 59.9 Å². The third-order valence-corrected chi connectivity index (χ3v) is 3.61. The van der Waals surface area contributed by atoms with Crippen molar-refractivity contribution in [3.05, 3.63) is 37.0 Å². The maximum atomic E-state index is 8.85. The van der Waals surface area contributed by atoms with Crippen LogP contribution in [0.3, 0.4) is 0 Å². The molecule has 5 N–H and O–H groups in total. The predicted octanol–water partition coefficient (Wildman–Crippen LogP) is 3.58. The van der Waals surface area contributed by atoms with Crippen molar-refractivity contribution in [1.29, 1.82) is 0 Å². The van der Waals surface area contributed by atoms with E-state index in [0.29, 0.717) is 22.8 Å². The molecule has 1 aromatic heterocycles. The van der Waals surface area contributed by atoms with Crippen LogP contribution in [0, 0.1) is 6.42 Å². The van der Waals surface area contributed by atoms with E-state index in [2.05, 4.69) is 25.6 Å². The third kappa shape index (κ3) is 20.2. The van der Waals surface area contributed by atoms with Crippen molar-refractivity contribution in [2.75, 3.05) is 0 Å². The van der Waals surface area contributed by atoms with Crippen LogP contribution in [0.5, 0.6) is 0 Å². The van der Waals surface area contributed by atoms with Crippen molar-refractivity contribution in [2.24, 2.45) is 20.6 Å². The quantitative estimate of drug-likeness (QED) is 0.192. The molecule has 0 bridgehead atoms. The molecule has 0 saturated heterocycles. The third-order valence-electron chi connectivity index (χ3n) is 3.61. The summed E-state index contributed by atoms with van der Waals surface area (Å²) in [6.07, 6.45) is 9.98.